The minimum Gasteiger partial charge on any atom is -0.395 e. The summed E-state index contributed by atoms with van der Waals surface area (Å²) in [6.07, 6.45) is 1.71. The van der Waals surface area contributed by atoms with Gasteiger partial charge in [0.05, 0.1) is 24.9 Å². The first-order valence-corrected chi connectivity index (χ1v) is 5.11. The maximum atomic E-state index is 8.80. The Labute approximate surface area is 91.1 Å². The van der Waals surface area contributed by atoms with Gasteiger partial charge in [0.1, 0.15) is 0 Å². The van der Waals surface area contributed by atoms with E-state index in [4.69, 9.17) is 10.2 Å². The van der Waals surface area contributed by atoms with E-state index in [2.05, 4.69) is 26.2 Å². The second-order valence-electron chi connectivity index (χ2n) is 2.91. The van der Waals surface area contributed by atoms with Crippen LogP contribution in [0.5, 0.6) is 0 Å². The molecule has 0 aromatic carbocycles. The van der Waals surface area contributed by atoms with Crippen molar-refractivity contribution in [1.82, 2.24) is 10.3 Å². The van der Waals surface area contributed by atoms with Gasteiger partial charge in [0.2, 0.25) is 0 Å². The quantitative estimate of drug-likeness (QED) is 0.712. The molecule has 3 N–H and O–H groups in total. The number of nitrogens with zero attached hydrogens (tertiary/aromatic N) is 1. The fourth-order valence-electron chi connectivity index (χ4n) is 0.947. The Balaban J connectivity index is 2.41. The Kier molecular flexibility index (Phi) is 5.03. The first-order chi connectivity index (χ1) is 6.76. The zero-order valence-corrected chi connectivity index (χ0v) is 9.24. The number of aliphatic hydroxyl groups excluding tert-OH is 2. The van der Waals surface area contributed by atoms with E-state index in [1.165, 1.54) is 0 Å². The van der Waals surface area contributed by atoms with Crippen molar-refractivity contribution in [3.05, 3.63) is 28.5 Å². The van der Waals surface area contributed by atoms with E-state index in [0.29, 0.717) is 6.54 Å². The molecule has 1 heterocycles. The molecule has 0 aliphatic rings. The van der Waals surface area contributed by atoms with Crippen molar-refractivity contribution in [2.45, 2.75) is 12.6 Å². The summed E-state index contributed by atoms with van der Waals surface area (Å²) in [5, 5.41) is 20.6. The molecule has 0 bridgehead atoms. The molecule has 0 amide bonds. The van der Waals surface area contributed by atoms with E-state index < -0.39 is 0 Å². The van der Waals surface area contributed by atoms with E-state index in [1.54, 1.807) is 6.20 Å². The molecule has 14 heavy (non-hydrogen) atoms. The Bertz CT molecular complexity index is 262. The van der Waals surface area contributed by atoms with E-state index in [1.807, 2.05) is 12.1 Å². The van der Waals surface area contributed by atoms with Crippen LogP contribution in [-0.2, 0) is 6.54 Å². The van der Waals surface area contributed by atoms with Gasteiger partial charge in [0, 0.05) is 17.2 Å². The second-order valence-corrected chi connectivity index (χ2v) is 3.83. The van der Waals surface area contributed by atoms with Crippen molar-refractivity contribution in [3.63, 3.8) is 0 Å². The van der Waals surface area contributed by atoms with Gasteiger partial charge in [-0.05, 0) is 28.1 Å². The third-order valence-corrected chi connectivity index (χ3v) is 2.27. The molecule has 0 radical (unpaired) electrons. The van der Waals surface area contributed by atoms with Crippen LogP contribution in [0.15, 0.2) is 22.8 Å². The van der Waals surface area contributed by atoms with Crippen molar-refractivity contribution in [3.8, 4) is 0 Å². The summed E-state index contributed by atoms with van der Waals surface area (Å²) in [4.78, 5) is 4.15. The summed E-state index contributed by atoms with van der Waals surface area (Å²) >= 11 is 3.29. The predicted molar refractivity (Wildman–Crippen MR) is 56.7 cm³/mol. The van der Waals surface area contributed by atoms with E-state index >= 15 is 0 Å². The summed E-state index contributed by atoms with van der Waals surface area (Å²) in [6, 6.07) is 3.50. The van der Waals surface area contributed by atoms with Crippen LogP contribution in [0.1, 0.15) is 5.69 Å². The minimum atomic E-state index is -0.277. The largest absolute Gasteiger partial charge is 0.395 e. The number of aliphatic hydroxyl groups is 2. The van der Waals surface area contributed by atoms with Crippen molar-refractivity contribution >= 4 is 15.9 Å². The van der Waals surface area contributed by atoms with Crippen LogP contribution >= 0.6 is 15.9 Å². The standard InChI is InChI=1S/C9H13BrN2O2/c10-7-1-2-8(11-3-7)4-12-9(5-13)6-14/h1-3,9,12-14H,4-6H2. The van der Waals surface area contributed by atoms with Gasteiger partial charge in [-0.2, -0.15) is 0 Å². The Morgan fingerprint density at radius 3 is 2.57 bits per heavy atom. The number of hydrogen-bond donors (Lipinski definition) is 3. The molecule has 0 fully saturated rings. The average molecular weight is 261 g/mol. The second kappa shape index (κ2) is 6.08. The molecule has 78 valence electrons. The third kappa shape index (κ3) is 3.71. The highest BCUT2D eigenvalue weighted by Crippen LogP contribution is 2.07. The lowest BCUT2D eigenvalue weighted by molar-refractivity contribution is 0.170. The van der Waals surface area contributed by atoms with E-state index in [9.17, 15) is 0 Å². The molecule has 0 spiro atoms. The van der Waals surface area contributed by atoms with Gasteiger partial charge in [-0.15, -0.1) is 0 Å². The number of aromatic nitrogens is 1. The molecular formula is C9H13BrN2O2. The topological polar surface area (TPSA) is 65.4 Å². The Hall–Kier alpha value is -0.490. The van der Waals surface area contributed by atoms with Crippen molar-refractivity contribution in [2.75, 3.05) is 13.2 Å². The smallest absolute Gasteiger partial charge is 0.0607 e. The molecule has 0 saturated carbocycles. The van der Waals surface area contributed by atoms with Gasteiger partial charge in [-0.3, -0.25) is 4.98 Å². The Morgan fingerprint density at radius 1 is 1.36 bits per heavy atom. The number of hydrogen-bond acceptors (Lipinski definition) is 4. The van der Waals surface area contributed by atoms with E-state index in [-0.39, 0.29) is 19.3 Å². The molecule has 0 unspecified atom stereocenters. The molecule has 5 heteroatoms. The predicted octanol–water partition coefficient (Wildman–Crippen LogP) is 0.287. The fraction of sp³-hybridized carbons (Fsp3) is 0.444. The first-order valence-electron chi connectivity index (χ1n) is 4.31. The van der Waals surface area contributed by atoms with Crippen LogP contribution < -0.4 is 5.32 Å². The van der Waals surface area contributed by atoms with Crippen LogP contribution in [0, 0.1) is 0 Å². The third-order valence-electron chi connectivity index (χ3n) is 1.80. The van der Waals surface area contributed by atoms with Gasteiger partial charge in [-0.1, -0.05) is 0 Å². The van der Waals surface area contributed by atoms with E-state index in [0.717, 1.165) is 10.2 Å². The summed E-state index contributed by atoms with van der Waals surface area (Å²) < 4.78 is 0.933. The maximum absolute atomic E-state index is 8.80. The highest BCUT2D eigenvalue weighted by atomic mass is 79.9. The van der Waals surface area contributed by atoms with Crippen LogP contribution in [-0.4, -0.2) is 34.5 Å². The van der Waals surface area contributed by atoms with Gasteiger partial charge in [0.25, 0.3) is 0 Å². The number of halogens is 1. The zero-order valence-electron chi connectivity index (χ0n) is 7.65. The normalized spacial score (nSPS) is 10.9. The van der Waals surface area contributed by atoms with Crippen molar-refractivity contribution in [1.29, 1.82) is 0 Å². The molecule has 0 saturated heterocycles. The molecule has 0 aliphatic heterocycles. The van der Waals surface area contributed by atoms with Crippen LogP contribution in [0.4, 0.5) is 0 Å². The molecule has 0 atom stereocenters. The molecule has 1 aromatic heterocycles. The summed E-state index contributed by atoms with van der Waals surface area (Å²) in [5.41, 5.74) is 0.875. The summed E-state index contributed by atoms with van der Waals surface area (Å²) in [6.45, 7) is 0.388. The SMILES string of the molecule is OCC(CO)NCc1ccc(Br)cn1. The molecule has 1 aromatic rings. The maximum Gasteiger partial charge on any atom is 0.0607 e. The Morgan fingerprint density at radius 2 is 2.07 bits per heavy atom. The monoisotopic (exact) mass is 260 g/mol. The van der Waals surface area contributed by atoms with Gasteiger partial charge < -0.3 is 15.5 Å². The molecule has 4 nitrogen and oxygen atoms in total. The molecule has 0 aliphatic carbocycles. The van der Waals surface area contributed by atoms with Crippen LogP contribution in [0.2, 0.25) is 0 Å². The van der Waals surface area contributed by atoms with Crippen LogP contribution in [0.3, 0.4) is 0 Å². The number of nitrogens with one attached hydrogen (secondary N) is 1. The average Bonchev–Trinajstić information content (AvgIpc) is 2.22. The van der Waals surface area contributed by atoms with Gasteiger partial charge in [0.15, 0.2) is 0 Å². The lowest BCUT2D eigenvalue weighted by atomic mass is 10.3. The first kappa shape index (κ1) is 11.6. The highest BCUT2D eigenvalue weighted by molar-refractivity contribution is 9.10. The molecular weight excluding hydrogens is 248 g/mol. The van der Waals surface area contributed by atoms with Gasteiger partial charge >= 0.3 is 0 Å². The zero-order chi connectivity index (χ0) is 10.4. The highest BCUT2D eigenvalue weighted by Gasteiger charge is 2.04. The summed E-state index contributed by atoms with van der Waals surface area (Å²) in [5.74, 6) is 0. The minimum absolute atomic E-state index is 0.0764. The lowest BCUT2D eigenvalue weighted by Gasteiger charge is -2.12. The summed E-state index contributed by atoms with van der Waals surface area (Å²) in [7, 11) is 0. The van der Waals surface area contributed by atoms with Gasteiger partial charge in [-0.25, -0.2) is 0 Å². The lowest BCUT2D eigenvalue weighted by Crippen LogP contribution is -2.35. The van der Waals surface area contributed by atoms with Crippen LogP contribution in [0.25, 0.3) is 0 Å². The van der Waals surface area contributed by atoms with Crippen molar-refractivity contribution < 1.29 is 10.2 Å². The fourth-order valence-corrected chi connectivity index (χ4v) is 1.18. The molecule has 1 rings (SSSR count). The number of pyridine rings is 1. The number of rotatable bonds is 5. The van der Waals surface area contributed by atoms with Crippen molar-refractivity contribution in [2.24, 2.45) is 0 Å².